The predicted molar refractivity (Wildman–Crippen MR) is 160 cm³/mol. The molecule has 0 N–H and O–H groups in total. The third-order valence-electron chi connectivity index (χ3n) is 7.05. The lowest BCUT2D eigenvalue weighted by Crippen LogP contribution is -2.24. The standard InChI is InChI=1S/C35H40O6/c1-37-30-19-15-28(16-20-30)25-39-33(12-6-10-32-11-7-13-35(36)41-32)24-34(23-14-27-8-4-3-5-9-27)40-26-29-17-21-31(38-2)22-18-29/h3-10,13,15-22,32-34H,11-12,14,23-26H2,1-2H3/b10-6+/t32-,33-,34-/m0/s1. The fraction of sp³-hybridized carbons (Fsp3) is 0.343. The lowest BCUT2D eigenvalue weighted by atomic mass is 10.0. The summed E-state index contributed by atoms with van der Waals surface area (Å²) in [5.74, 6) is 1.34. The molecular weight excluding hydrogens is 516 g/mol. The molecule has 0 amide bonds. The number of carbonyl (C=O) groups is 1. The molecule has 216 valence electrons. The quantitative estimate of drug-likeness (QED) is 0.140. The van der Waals surface area contributed by atoms with Gasteiger partial charge in [0.05, 0.1) is 39.6 Å². The third-order valence-corrected chi connectivity index (χ3v) is 7.05. The van der Waals surface area contributed by atoms with E-state index in [-0.39, 0.29) is 24.3 Å². The third kappa shape index (κ3) is 10.6. The SMILES string of the molecule is COc1ccc(CO[C@@H](C/C=C/[C@H]2CC=CC(=O)O2)C[C@H](CCc2ccccc2)OCc2ccc(OC)cc2)cc1. The molecule has 0 spiro atoms. The number of rotatable bonds is 16. The molecule has 0 radical (unpaired) electrons. The monoisotopic (exact) mass is 556 g/mol. The zero-order valence-electron chi connectivity index (χ0n) is 23.9. The van der Waals surface area contributed by atoms with Crippen LogP contribution >= 0.6 is 0 Å². The molecule has 0 bridgehead atoms. The number of ether oxygens (including phenoxy) is 5. The van der Waals surface area contributed by atoms with Crippen LogP contribution in [0.2, 0.25) is 0 Å². The molecule has 0 saturated heterocycles. The fourth-order valence-electron chi connectivity index (χ4n) is 4.67. The maximum absolute atomic E-state index is 11.6. The van der Waals surface area contributed by atoms with Crippen LogP contribution in [0.1, 0.15) is 42.4 Å². The average Bonchev–Trinajstić information content (AvgIpc) is 3.02. The van der Waals surface area contributed by atoms with Crippen molar-refractivity contribution < 1.29 is 28.5 Å². The van der Waals surface area contributed by atoms with Gasteiger partial charge in [0.1, 0.15) is 17.6 Å². The summed E-state index contributed by atoms with van der Waals surface area (Å²) < 4.78 is 29.0. The van der Waals surface area contributed by atoms with Crippen LogP contribution in [0.4, 0.5) is 0 Å². The fourth-order valence-corrected chi connectivity index (χ4v) is 4.67. The van der Waals surface area contributed by atoms with Crippen molar-refractivity contribution in [1.29, 1.82) is 0 Å². The van der Waals surface area contributed by atoms with Crippen LogP contribution in [0.5, 0.6) is 11.5 Å². The van der Waals surface area contributed by atoms with Crippen LogP contribution in [0, 0.1) is 0 Å². The molecule has 0 aliphatic carbocycles. The smallest absolute Gasteiger partial charge is 0.331 e. The molecule has 3 aromatic carbocycles. The highest BCUT2D eigenvalue weighted by Crippen LogP contribution is 2.22. The highest BCUT2D eigenvalue weighted by Gasteiger charge is 2.19. The highest BCUT2D eigenvalue weighted by molar-refractivity contribution is 5.82. The first-order chi connectivity index (χ1) is 20.1. The van der Waals surface area contributed by atoms with Crippen molar-refractivity contribution in [3.05, 3.63) is 120 Å². The Bertz CT molecular complexity index is 1230. The lowest BCUT2D eigenvalue weighted by Gasteiger charge is -2.24. The number of methoxy groups -OCH3 is 2. The summed E-state index contributed by atoms with van der Waals surface area (Å²) in [7, 11) is 3.33. The van der Waals surface area contributed by atoms with Crippen molar-refractivity contribution >= 4 is 5.97 Å². The number of carbonyl (C=O) groups excluding carboxylic acids is 1. The molecule has 1 heterocycles. The van der Waals surface area contributed by atoms with Crippen LogP contribution < -0.4 is 9.47 Å². The van der Waals surface area contributed by atoms with Crippen molar-refractivity contribution in [3.63, 3.8) is 0 Å². The van der Waals surface area contributed by atoms with Crippen molar-refractivity contribution in [2.24, 2.45) is 0 Å². The van der Waals surface area contributed by atoms with E-state index in [0.29, 0.717) is 26.1 Å². The Morgan fingerprint density at radius 1 is 0.805 bits per heavy atom. The number of esters is 1. The van der Waals surface area contributed by atoms with Gasteiger partial charge in [0.25, 0.3) is 0 Å². The molecule has 0 aromatic heterocycles. The van der Waals surface area contributed by atoms with Crippen LogP contribution in [0.15, 0.2) is 103 Å². The molecule has 4 rings (SSSR count). The lowest BCUT2D eigenvalue weighted by molar-refractivity contribution is -0.141. The second-order valence-corrected chi connectivity index (χ2v) is 10.1. The summed E-state index contributed by atoms with van der Waals surface area (Å²) in [6, 6.07) is 26.4. The molecular formula is C35H40O6. The maximum Gasteiger partial charge on any atom is 0.331 e. The maximum atomic E-state index is 11.6. The van der Waals surface area contributed by atoms with Gasteiger partial charge in [-0.15, -0.1) is 0 Å². The van der Waals surface area contributed by atoms with E-state index < -0.39 is 0 Å². The molecule has 1 aliphatic rings. The first-order valence-corrected chi connectivity index (χ1v) is 14.2. The van der Waals surface area contributed by atoms with Gasteiger partial charge >= 0.3 is 5.97 Å². The summed E-state index contributed by atoms with van der Waals surface area (Å²) >= 11 is 0. The minimum atomic E-state index is -0.300. The van der Waals surface area contributed by atoms with Gasteiger partial charge < -0.3 is 23.7 Å². The Hall–Kier alpha value is -3.87. The van der Waals surface area contributed by atoms with Crippen LogP contribution in [0.3, 0.4) is 0 Å². The molecule has 3 atom stereocenters. The zero-order valence-corrected chi connectivity index (χ0v) is 23.9. The van der Waals surface area contributed by atoms with Gasteiger partial charge in [-0.1, -0.05) is 66.7 Å². The van der Waals surface area contributed by atoms with E-state index in [1.54, 1.807) is 14.2 Å². The minimum absolute atomic E-state index is 0.0120. The van der Waals surface area contributed by atoms with Crippen LogP contribution in [0.25, 0.3) is 0 Å². The van der Waals surface area contributed by atoms with Crippen molar-refractivity contribution in [3.8, 4) is 11.5 Å². The van der Waals surface area contributed by atoms with E-state index in [2.05, 4.69) is 30.3 Å². The van der Waals surface area contributed by atoms with Gasteiger partial charge in [-0.25, -0.2) is 4.79 Å². The molecule has 6 nitrogen and oxygen atoms in total. The number of hydrogen-bond acceptors (Lipinski definition) is 6. The van der Waals surface area contributed by atoms with E-state index >= 15 is 0 Å². The summed E-state index contributed by atoms with van der Waals surface area (Å²) in [4.78, 5) is 11.6. The molecule has 6 heteroatoms. The van der Waals surface area contributed by atoms with Crippen molar-refractivity contribution in [2.45, 2.75) is 63.6 Å². The predicted octanol–water partition coefficient (Wildman–Crippen LogP) is 7.02. The van der Waals surface area contributed by atoms with E-state index in [1.165, 1.54) is 11.6 Å². The van der Waals surface area contributed by atoms with Gasteiger partial charge in [-0.05, 0) is 66.3 Å². The first kappa shape index (κ1) is 30.1. The van der Waals surface area contributed by atoms with E-state index in [1.807, 2.05) is 66.7 Å². The number of aryl methyl sites for hydroxylation is 1. The van der Waals surface area contributed by atoms with Crippen LogP contribution in [-0.2, 0) is 38.6 Å². The molecule has 3 aromatic rings. The molecule has 0 fully saturated rings. The largest absolute Gasteiger partial charge is 0.497 e. The van der Waals surface area contributed by atoms with Gasteiger partial charge in [-0.3, -0.25) is 0 Å². The van der Waals surface area contributed by atoms with Gasteiger partial charge in [0.2, 0.25) is 0 Å². The van der Waals surface area contributed by atoms with Gasteiger partial charge in [-0.2, -0.15) is 0 Å². The van der Waals surface area contributed by atoms with Crippen LogP contribution in [-0.4, -0.2) is 38.5 Å². The minimum Gasteiger partial charge on any atom is -0.497 e. The normalized spacial score (nSPS) is 16.3. The summed E-state index contributed by atoms with van der Waals surface area (Å²) in [6.07, 6.45) is 10.9. The second kappa shape index (κ2) is 16.4. The summed E-state index contributed by atoms with van der Waals surface area (Å²) in [5.41, 5.74) is 3.46. The second-order valence-electron chi connectivity index (χ2n) is 10.1. The molecule has 41 heavy (non-hydrogen) atoms. The highest BCUT2D eigenvalue weighted by atomic mass is 16.5. The molecule has 0 unspecified atom stereocenters. The number of benzene rings is 3. The first-order valence-electron chi connectivity index (χ1n) is 14.2. The zero-order chi connectivity index (χ0) is 28.7. The van der Waals surface area contributed by atoms with Crippen molar-refractivity contribution in [1.82, 2.24) is 0 Å². The Kier molecular flexibility index (Phi) is 12.0. The Morgan fingerprint density at radius 2 is 1.41 bits per heavy atom. The Morgan fingerprint density at radius 3 is 2.00 bits per heavy atom. The topological polar surface area (TPSA) is 63.2 Å². The average molecular weight is 557 g/mol. The molecule has 0 saturated carbocycles. The van der Waals surface area contributed by atoms with Crippen molar-refractivity contribution in [2.75, 3.05) is 14.2 Å². The van der Waals surface area contributed by atoms with Gasteiger partial charge in [0, 0.05) is 18.9 Å². The van der Waals surface area contributed by atoms with E-state index in [4.69, 9.17) is 23.7 Å². The summed E-state index contributed by atoms with van der Waals surface area (Å²) in [6.45, 7) is 0.988. The number of hydrogen-bond donors (Lipinski definition) is 0. The number of cyclic esters (lactones) is 1. The van der Waals surface area contributed by atoms with E-state index in [0.717, 1.165) is 41.9 Å². The van der Waals surface area contributed by atoms with E-state index in [9.17, 15) is 4.79 Å². The van der Waals surface area contributed by atoms with Gasteiger partial charge in [0.15, 0.2) is 0 Å². The Balaban J connectivity index is 1.44. The summed E-state index contributed by atoms with van der Waals surface area (Å²) in [5, 5.41) is 0. The Labute approximate surface area is 243 Å². The molecule has 1 aliphatic heterocycles.